The van der Waals surface area contributed by atoms with Crippen LogP contribution in [0, 0.1) is 29.8 Å². The van der Waals surface area contributed by atoms with Crippen LogP contribution in [0.25, 0.3) is 0 Å². The van der Waals surface area contributed by atoms with E-state index in [4.69, 9.17) is 21.7 Å². The second-order valence-corrected chi connectivity index (χ2v) is 8.10. The Morgan fingerprint density at radius 2 is 1.79 bits per heavy atom. The summed E-state index contributed by atoms with van der Waals surface area (Å²) < 4.78 is 13.7. The number of aryl methyl sites for hydroxylation is 2. The van der Waals surface area contributed by atoms with Crippen LogP contribution in [0.4, 0.5) is 0 Å². The van der Waals surface area contributed by atoms with Crippen LogP contribution in [0.5, 0.6) is 11.5 Å². The zero-order chi connectivity index (χ0) is 19.7. The molecule has 0 saturated carbocycles. The number of quaternary nitrogens is 2. The molecule has 0 unspecified atom stereocenters. The summed E-state index contributed by atoms with van der Waals surface area (Å²) in [6, 6.07) is 10.6. The molecule has 1 aromatic heterocycles. The number of hydrogen-bond donors (Lipinski definition) is 2. The third-order valence-corrected chi connectivity index (χ3v) is 6.18. The Morgan fingerprint density at radius 3 is 2.54 bits per heavy atom. The molecule has 0 aliphatic carbocycles. The monoisotopic (exact) mass is 398 g/mol. The van der Waals surface area contributed by atoms with Crippen molar-refractivity contribution in [1.82, 2.24) is 4.57 Å². The predicted octanol–water partition coefficient (Wildman–Crippen LogP) is 0.376. The van der Waals surface area contributed by atoms with Crippen molar-refractivity contribution in [2.24, 2.45) is 0 Å². The number of hydrogen-bond acceptors (Lipinski definition) is 4. The fourth-order valence-corrected chi connectivity index (χ4v) is 4.53. The van der Waals surface area contributed by atoms with Crippen LogP contribution in [-0.2, 0) is 13.2 Å². The molecule has 1 saturated heterocycles. The highest BCUT2D eigenvalue weighted by Crippen LogP contribution is 2.32. The first-order chi connectivity index (χ1) is 13.5. The van der Waals surface area contributed by atoms with E-state index in [2.05, 4.69) is 35.8 Å². The van der Waals surface area contributed by atoms with Crippen LogP contribution < -0.4 is 19.3 Å². The van der Waals surface area contributed by atoms with E-state index >= 15 is 0 Å². The van der Waals surface area contributed by atoms with Crippen molar-refractivity contribution >= 4 is 12.2 Å². The van der Waals surface area contributed by atoms with Crippen molar-refractivity contribution in [2.75, 3.05) is 33.0 Å². The Hall–Kier alpha value is -2.40. The van der Waals surface area contributed by atoms with Gasteiger partial charge in [-0.25, -0.2) is 0 Å². The van der Waals surface area contributed by atoms with E-state index in [1.807, 2.05) is 13.0 Å². The van der Waals surface area contributed by atoms with Gasteiger partial charge in [0.2, 0.25) is 6.79 Å². The Bertz CT molecular complexity index is 987. The highest BCUT2D eigenvalue weighted by atomic mass is 32.1. The minimum atomic E-state index is 0.322. The maximum atomic E-state index is 9.40. The highest BCUT2D eigenvalue weighted by Gasteiger charge is 2.24. The van der Waals surface area contributed by atoms with Crippen molar-refractivity contribution in [3.63, 3.8) is 0 Å². The van der Waals surface area contributed by atoms with Gasteiger partial charge >= 0.3 is 0 Å². The topological polar surface area (TPSA) is 56.1 Å². The van der Waals surface area contributed by atoms with Crippen LogP contribution in [0.3, 0.4) is 0 Å². The molecule has 6 nitrogen and oxygen atoms in total. The number of nitrogens with one attached hydrogen (secondary N) is 2. The molecular weight excluding hydrogens is 372 g/mol. The van der Waals surface area contributed by atoms with Gasteiger partial charge in [-0.3, -0.25) is 4.57 Å². The van der Waals surface area contributed by atoms with Crippen LogP contribution in [0.2, 0.25) is 0 Å². The molecular formula is C21H26N4O2S+2. The van der Waals surface area contributed by atoms with E-state index < -0.39 is 0 Å². The Kier molecular flexibility index (Phi) is 5.36. The molecule has 28 heavy (non-hydrogen) atoms. The molecule has 2 aliphatic heterocycles. The lowest BCUT2D eigenvalue weighted by Crippen LogP contribution is -3.27. The van der Waals surface area contributed by atoms with Crippen molar-refractivity contribution in [3.05, 3.63) is 51.3 Å². The number of piperazine rings is 1. The van der Waals surface area contributed by atoms with Gasteiger partial charge in [-0.2, -0.15) is 5.26 Å². The molecule has 0 amide bonds. The van der Waals surface area contributed by atoms with Crippen molar-refractivity contribution in [1.29, 1.82) is 5.26 Å². The minimum absolute atomic E-state index is 0.322. The molecule has 0 atom stereocenters. The number of nitriles is 1. The van der Waals surface area contributed by atoms with Gasteiger partial charge in [0.25, 0.3) is 0 Å². The quantitative estimate of drug-likeness (QED) is 0.731. The van der Waals surface area contributed by atoms with Crippen molar-refractivity contribution in [2.45, 2.75) is 27.1 Å². The summed E-state index contributed by atoms with van der Waals surface area (Å²) in [5.41, 5.74) is 4.02. The number of pyridine rings is 1. The van der Waals surface area contributed by atoms with Gasteiger partial charge in [-0.15, -0.1) is 0 Å². The summed E-state index contributed by atoms with van der Waals surface area (Å²) in [6.45, 7) is 10.6. The Labute approximate surface area is 170 Å². The molecule has 0 radical (unpaired) electrons. The van der Waals surface area contributed by atoms with Gasteiger partial charge in [0.05, 0.1) is 5.56 Å². The van der Waals surface area contributed by atoms with Gasteiger partial charge in [0, 0.05) is 11.3 Å². The lowest BCUT2D eigenvalue weighted by molar-refractivity contribution is -1.03. The molecule has 2 aliphatic rings. The average Bonchev–Trinajstić information content (AvgIpc) is 3.14. The summed E-state index contributed by atoms with van der Waals surface area (Å²) in [7, 11) is 0. The Morgan fingerprint density at radius 1 is 1.07 bits per heavy atom. The van der Waals surface area contributed by atoms with Crippen LogP contribution in [-0.4, -0.2) is 37.5 Å². The first kappa shape index (κ1) is 18.9. The fourth-order valence-electron chi connectivity index (χ4n) is 4.11. The molecule has 1 aromatic carbocycles. The molecule has 7 heteroatoms. The molecule has 1 fully saturated rings. The number of rotatable bonds is 4. The van der Waals surface area contributed by atoms with E-state index in [0.717, 1.165) is 62.1 Å². The Balaban J connectivity index is 1.37. The zero-order valence-electron chi connectivity index (χ0n) is 16.4. The third-order valence-electron chi connectivity index (χ3n) is 5.75. The van der Waals surface area contributed by atoms with Crippen LogP contribution in [0.15, 0.2) is 24.3 Å². The number of nitrogens with zero attached hydrogens (tertiary/aromatic N) is 2. The number of aromatic nitrogens is 1. The van der Waals surface area contributed by atoms with E-state index in [0.29, 0.717) is 17.0 Å². The smallest absolute Gasteiger partial charge is 0.231 e. The van der Waals surface area contributed by atoms with Gasteiger partial charge in [0.1, 0.15) is 43.4 Å². The van der Waals surface area contributed by atoms with Gasteiger partial charge < -0.3 is 19.3 Å². The van der Waals surface area contributed by atoms with E-state index in [1.54, 1.807) is 4.90 Å². The zero-order valence-corrected chi connectivity index (χ0v) is 17.2. The largest absolute Gasteiger partial charge is 0.454 e. The van der Waals surface area contributed by atoms with Gasteiger partial charge in [-0.1, -0.05) is 12.2 Å². The van der Waals surface area contributed by atoms with Gasteiger partial charge in [0.15, 0.2) is 18.2 Å². The lowest BCUT2D eigenvalue weighted by Gasteiger charge is -2.30. The van der Waals surface area contributed by atoms with Crippen LogP contribution in [0.1, 0.15) is 22.4 Å². The molecule has 0 bridgehead atoms. The molecule has 2 N–H and O–H groups in total. The van der Waals surface area contributed by atoms with Crippen molar-refractivity contribution in [3.8, 4) is 17.6 Å². The maximum Gasteiger partial charge on any atom is 0.231 e. The third kappa shape index (κ3) is 3.76. The number of benzene rings is 1. The minimum Gasteiger partial charge on any atom is -0.454 e. The van der Waals surface area contributed by atoms with E-state index in [9.17, 15) is 5.26 Å². The first-order valence-corrected chi connectivity index (χ1v) is 10.1. The maximum absolute atomic E-state index is 9.40. The summed E-state index contributed by atoms with van der Waals surface area (Å²) >= 11 is 5.58. The molecule has 3 heterocycles. The number of fused-ring (bicyclic) bond motifs is 1. The van der Waals surface area contributed by atoms with Crippen molar-refractivity contribution < 1.29 is 19.3 Å². The van der Waals surface area contributed by atoms with E-state index in [-0.39, 0.29) is 0 Å². The molecule has 0 spiro atoms. The molecule has 2 aromatic rings. The summed E-state index contributed by atoms with van der Waals surface area (Å²) in [5, 5.41) is 9.40. The standard InChI is InChI=1S/C21H24N4O2S/c1-15-9-16(2)25(21(28)18(15)11-22)13-24-7-5-23(6-8-24)12-17-3-4-19-20(10-17)27-14-26-19/h3-4,9-10H,5-8,12-14H2,1-2H3/p+2. The fraction of sp³-hybridized carbons (Fsp3) is 0.429. The summed E-state index contributed by atoms with van der Waals surface area (Å²) in [5.74, 6) is 1.70. The van der Waals surface area contributed by atoms with Gasteiger partial charge in [-0.05, 0) is 43.7 Å². The summed E-state index contributed by atoms with van der Waals surface area (Å²) in [6.07, 6.45) is 0. The SMILES string of the molecule is Cc1cc(C)n(C[NH+]2CC[NH+](Cc3ccc4c(c3)OCO4)CC2)c(=S)c1C#N. The lowest BCUT2D eigenvalue weighted by atomic mass is 10.1. The predicted molar refractivity (Wildman–Crippen MR) is 107 cm³/mol. The number of ether oxygens (including phenoxy) is 2. The highest BCUT2D eigenvalue weighted by molar-refractivity contribution is 7.71. The second kappa shape index (κ2) is 7.92. The summed E-state index contributed by atoms with van der Waals surface area (Å²) in [4.78, 5) is 3.10. The molecule has 4 rings (SSSR count). The average molecular weight is 399 g/mol. The first-order valence-electron chi connectivity index (χ1n) is 9.72. The van der Waals surface area contributed by atoms with Crippen LogP contribution >= 0.6 is 12.2 Å². The normalized spacial score (nSPS) is 20.8. The molecule has 146 valence electrons. The van der Waals surface area contributed by atoms with E-state index in [1.165, 1.54) is 10.5 Å². The second-order valence-electron chi connectivity index (χ2n) is 7.71.